The average Bonchev–Trinajstić information content (AvgIpc) is 2.76. The summed E-state index contributed by atoms with van der Waals surface area (Å²) in [5.74, 6) is -0.907. The molecule has 0 unspecified atom stereocenters. The molecular weight excluding hydrogens is 396 g/mol. The van der Waals surface area contributed by atoms with Gasteiger partial charge in [0.05, 0.1) is 11.3 Å². The fraction of sp³-hybridized carbons (Fsp3) is 0.250. The van der Waals surface area contributed by atoms with E-state index in [1.54, 1.807) is 53.4 Å². The Labute approximate surface area is 159 Å². The largest absolute Gasteiger partial charge is 0.327 e. The number of para-hydroxylation sites is 1. The number of fused-ring (bicyclic) bond motifs is 2. The van der Waals surface area contributed by atoms with E-state index in [1.807, 2.05) is 0 Å². The van der Waals surface area contributed by atoms with Gasteiger partial charge in [-0.1, -0.05) is 28.1 Å². The highest BCUT2D eigenvalue weighted by Gasteiger charge is 2.42. The maximum atomic E-state index is 13.3. The average molecular weight is 413 g/mol. The number of nitrogens with zero attached hydrogens (tertiary/aromatic N) is 2. The molecule has 26 heavy (non-hydrogen) atoms. The van der Waals surface area contributed by atoms with E-state index in [1.165, 1.54) is 4.90 Å². The van der Waals surface area contributed by atoms with Crippen molar-refractivity contribution < 1.29 is 14.4 Å². The molecule has 3 amide bonds. The van der Waals surface area contributed by atoms with Gasteiger partial charge in [0, 0.05) is 16.6 Å². The van der Waals surface area contributed by atoms with Gasteiger partial charge in [0.1, 0.15) is 6.04 Å². The first-order chi connectivity index (χ1) is 12.6. The van der Waals surface area contributed by atoms with E-state index in [0.717, 1.165) is 17.3 Å². The minimum Gasteiger partial charge on any atom is -0.327 e. The van der Waals surface area contributed by atoms with Crippen molar-refractivity contribution in [2.24, 2.45) is 0 Å². The number of hydrogen-bond acceptors (Lipinski definition) is 3. The number of imide groups is 1. The van der Waals surface area contributed by atoms with E-state index in [-0.39, 0.29) is 11.8 Å². The van der Waals surface area contributed by atoms with E-state index in [2.05, 4.69) is 15.9 Å². The van der Waals surface area contributed by atoms with Gasteiger partial charge in [-0.2, -0.15) is 0 Å². The van der Waals surface area contributed by atoms with Crippen molar-refractivity contribution in [1.82, 2.24) is 4.90 Å². The highest BCUT2D eigenvalue weighted by molar-refractivity contribution is 9.10. The van der Waals surface area contributed by atoms with Gasteiger partial charge in [0.2, 0.25) is 0 Å². The summed E-state index contributed by atoms with van der Waals surface area (Å²) in [6.07, 6.45) is 2.33. The minimum atomic E-state index is -0.581. The molecule has 0 spiro atoms. The third-order valence-corrected chi connectivity index (χ3v) is 5.47. The van der Waals surface area contributed by atoms with Gasteiger partial charge in [0.25, 0.3) is 17.7 Å². The molecule has 5 nitrogen and oxygen atoms in total. The summed E-state index contributed by atoms with van der Waals surface area (Å²) in [5, 5.41) is 0. The molecule has 132 valence electrons. The second-order valence-electron chi connectivity index (χ2n) is 6.51. The normalized spacial score (nSPS) is 19.7. The summed E-state index contributed by atoms with van der Waals surface area (Å²) < 4.78 is 0.852. The Balaban J connectivity index is 1.85. The lowest BCUT2D eigenvalue weighted by Gasteiger charge is -2.34. The summed E-state index contributed by atoms with van der Waals surface area (Å²) in [5.41, 5.74) is 1.17. The van der Waals surface area contributed by atoms with Crippen LogP contribution in [-0.2, 0) is 4.79 Å². The van der Waals surface area contributed by atoms with Crippen molar-refractivity contribution in [3.8, 4) is 0 Å². The predicted octanol–water partition coefficient (Wildman–Crippen LogP) is 3.63. The summed E-state index contributed by atoms with van der Waals surface area (Å²) >= 11 is 3.35. The lowest BCUT2D eigenvalue weighted by atomic mass is 10.0. The van der Waals surface area contributed by atoms with Crippen molar-refractivity contribution in [3.63, 3.8) is 0 Å². The zero-order valence-corrected chi connectivity index (χ0v) is 15.6. The summed E-state index contributed by atoms with van der Waals surface area (Å²) in [4.78, 5) is 42.3. The molecule has 0 radical (unpaired) electrons. The second kappa shape index (κ2) is 6.68. The molecule has 0 bridgehead atoms. The van der Waals surface area contributed by atoms with Gasteiger partial charge in [-0.15, -0.1) is 0 Å². The molecule has 2 heterocycles. The maximum absolute atomic E-state index is 13.3. The molecule has 2 aromatic carbocycles. The fourth-order valence-corrected chi connectivity index (χ4v) is 3.90. The van der Waals surface area contributed by atoms with E-state index >= 15 is 0 Å². The first-order valence-electron chi connectivity index (χ1n) is 8.62. The molecule has 2 aliphatic heterocycles. The first-order valence-corrected chi connectivity index (χ1v) is 9.41. The van der Waals surface area contributed by atoms with E-state index in [0.29, 0.717) is 29.8 Å². The molecule has 0 saturated carbocycles. The third-order valence-electron chi connectivity index (χ3n) is 4.94. The van der Waals surface area contributed by atoms with Crippen molar-refractivity contribution in [2.75, 3.05) is 11.4 Å². The van der Waals surface area contributed by atoms with Gasteiger partial charge < -0.3 is 4.90 Å². The van der Waals surface area contributed by atoms with Crippen LogP contribution in [0.2, 0.25) is 0 Å². The quantitative estimate of drug-likeness (QED) is 0.671. The zero-order valence-electron chi connectivity index (χ0n) is 14.0. The Morgan fingerprint density at radius 1 is 1.00 bits per heavy atom. The van der Waals surface area contributed by atoms with Gasteiger partial charge >= 0.3 is 0 Å². The number of halogens is 1. The molecule has 4 rings (SSSR count). The summed E-state index contributed by atoms with van der Waals surface area (Å²) in [7, 11) is 0. The topological polar surface area (TPSA) is 57.7 Å². The van der Waals surface area contributed by atoms with Crippen LogP contribution in [0.4, 0.5) is 5.69 Å². The van der Waals surface area contributed by atoms with Crippen molar-refractivity contribution >= 4 is 39.3 Å². The standard InChI is InChI=1S/C20H17BrN2O3/c21-14-10-8-13(9-11-14)18(24)23-16-6-2-1-5-15(16)19(25)22-12-4-3-7-17(22)20(23)26/h1-2,5-6,8-11,17H,3-4,7,12H2/t17-/m0/s1. The molecule has 0 aromatic heterocycles. The molecule has 1 atom stereocenters. The van der Waals surface area contributed by atoms with Crippen LogP contribution in [0.15, 0.2) is 53.0 Å². The van der Waals surface area contributed by atoms with Crippen LogP contribution < -0.4 is 4.90 Å². The maximum Gasteiger partial charge on any atom is 0.265 e. The molecule has 0 aliphatic carbocycles. The zero-order chi connectivity index (χ0) is 18.3. The summed E-state index contributed by atoms with van der Waals surface area (Å²) in [6, 6.07) is 13.1. The van der Waals surface area contributed by atoms with E-state index < -0.39 is 11.9 Å². The molecule has 0 N–H and O–H groups in total. The highest BCUT2D eigenvalue weighted by Crippen LogP contribution is 2.32. The van der Waals surface area contributed by atoms with Gasteiger partial charge in [-0.3, -0.25) is 14.4 Å². The van der Waals surface area contributed by atoms with Crippen LogP contribution in [0.25, 0.3) is 0 Å². The molecule has 2 aliphatic rings. The van der Waals surface area contributed by atoms with Crippen LogP contribution in [0, 0.1) is 0 Å². The van der Waals surface area contributed by atoms with Crippen LogP contribution in [0.5, 0.6) is 0 Å². The Morgan fingerprint density at radius 2 is 1.73 bits per heavy atom. The van der Waals surface area contributed by atoms with Crippen molar-refractivity contribution in [1.29, 1.82) is 0 Å². The van der Waals surface area contributed by atoms with Crippen molar-refractivity contribution in [2.45, 2.75) is 25.3 Å². The number of benzene rings is 2. The molecule has 2 aromatic rings. The molecular formula is C20H17BrN2O3. The smallest absolute Gasteiger partial charge is 0.265 e. The predicted molar refractivity (Wildman–Crippen MR) is 101 cm³/mol. The van der Waals surface area contributed by atoms with E-state index in [4.69, 9.17) is 0 Å². The second-order valence-corrected chi connectivity index (χ2v) is 7.43. The number of carbonyl (C=O) groups excluding carboxylic acids is 3. The minimum absolute atomic E-state index is 0.176. The summed E-state index contributed by atoms with van der Waals surface area (Å²) in [6.45, 7) is 0.546. The Hall–Kier alpha value is -2.47. The monoisotopic (exact) mass is 412 g/mol. The Morgan fingerprint density at radius 3 is 2.50 bits per heavy atom. The SMILES string of the molecule is O=C(c1ccc(Br)cc1)N1C(=O)[C@@H]2CCCCN2C(=O)c2ccccc21. The van der Waals surface area contributed by atoms with Gasteiger partial charge in [0.15, 0.2) is 0 Å². The number of hydrogen-bond donors (Lipinski definition) is 0. The lowest BCUT2D eigenvalue weighted by Crippen LogP contribution is -2.52. The number of rotatable bonds is 1. The third kappa shape index (κ3) is 2.74. The van der Waals surface area contributed by atoms with Gasteiger partial charge in [-0.25, -0.2) is 4.90 Å². The number of piperidine rings is 1. The first kappa shape index (κ1) is 17.0. The van der Waals surface area contributed by atoms with Gasteiger partial charge in [-0.05, 0) is 55.7 Å². The van der Waals surface area contributed by atoms with Crippen LogP contribution in [-0.4, -0.2) is 35.2 Å². The molecule has 1 saturated heterocycles. The lowest BCUT2D eigenvalue weighted by molar-refractivity contribution is -0.123. The van der Waals surface area contributed by atoms with E-state index in [9.17, 15) is 14.4 Å². The van der Waals surface area contributed by atoms with Crippen LogP contribution in [0.1, 0.15) is 40.0 Å². The Bertz CT molecular complexity index is 894. The number of anilines is 1. The molecule has 6 heteroatoms. The number of amides is 3. The molecule has 1 fully saturated rings. The fourth-order valence-electron chi connectivity index (χ4n) is 3.63. The number of carbonyl (C=O) groups is 3. The Kier molecular flexibility index (Phi) is 4.36. The highest BCUT2D eigenvalue weighted by atomic mass is 79.9. The van der Waals surface area contributed by atoms with Crippen molar-refractivity contribution in [3.05, 3.63) is 64.1 Å². The van der Waals surface area contributed by atoms with Crippen LogP contribution >= 0.6 is 15.9 Å². The van der Waals surface area contributed by atoms with Crippen LogP contribution in [0.3, 0.4) is 0 Å².